The van der Waals surface area contributed by atoms with E-state index >= 15 is 0 Å². The molecule has 1 aromatic heterocycles. The highest BCUT2D eigenvalue weighted by molar-refractivity contribution is 5.47. The lowest BCUT2D eigenvalue weighted by atomic mass is 10.2. The number of anilines is 2. The summed E-state index contributed by atoms with van der Waals surface area (Å²) in [6, 6.07) is 2.11. The summed E-state index contributed by atoms with van der Waals surface area (Å²) in [5.74, 6) is 2.20. The number of methoxy groups -OCH3 is 2. The Morgan fingerprint density at radius 3 is 2.50 bits per heavy atom. The first kappa shape index (κ1) is 14.7. The molecule has 1 heterocycles. The first-order valence-electron chi connectivity index (χ1n) is 6.03. The van der Waals surface area contributed by atoms with E-state index in [-0.39, 0.29) is 6.04 Å². The summed E-state index contributed by atoms with van der Waals surface area (Å²) in [7, 11) is 5.15. The van der Waals surface area contributed by atoms with Crippen LogP contribution in [0.5, 0.6) is 0 Å². The van der Waals surface area contributed by atoms with Gasteiger partial charge in [-0.3, -0.25) is 0 Å². The molecule has 0 aliphatic rings. The molecule has 0 aliphatic heterocycles. The van der Waals surface area contributed by atoms with Crippen molar-refractivity contribution in [2.75, 3.05) is 38.5 Å². The van der Waals surface area contributed by atoms with Crippen molar-refractivity contribution in [3.63, 3.8) is 0 Å². The van der Waals surface area contributed by atoms with Gasteiger partial charge in [-0.1, -0.05) is 6.92 Å². The molecule has 6 nitrogen and oxygen atoms in total. The molecular formula is C12H22N4O2. The van der Waals surface area contributed by atoms with Gasteiger partial charge in [-0.15, -0.1) is 0 Å². The third-order valence-electron chi connectivity index (χ3n) is 2.51. The number of rotatable bonds is 8. The normalized spacial score (nSPS) is 12.2. The number of nitrogens with one attached hydrogen (secondary N) is 2. The molecule has 2 N–H and O–H groups in total. The van der Waals surface area contributed by atoms with E-state index in [1.165, 1.54) is 0 Å². The standard InChI is InChI=1S/C12H22N4O2/c1-5-9(7-17-3)14-11-6-10(13-2)15-12(16-11)8-18-4/h6,9H,5,7-8H2,1-4H3,(H2,13,14,15,16). The van der Waals surface area contributed by atoms with Crippen molar-refractivity contribution < 1.29 is 9.47 Å². The van der Waals surface area contributed by atoms with Crippen LogP contribution in [0.15, 0.2) is 6.07 Å². The van der Waals surface area contributed by atoms with Crippen LogP contribution in [-0.4, -0.2) is 43.9 Å². The molecule has 0 bridgehead atoms. The summed E-state index contributed by atoms with van der Waals surface area (Å²) in [6.07, 6.45) is 0.965. The lowest BCUT2D eigenvalue weighted by Gasteiger charge is -2.17. The fourth-order valence-electron chi connectivity index (χ4n) is 1.56. The average Bonchev–Trinajstić information content (AvgIpc) is 2.38. The van der Waals surface area contributed by atoms with Crippen LogP contribution in [0.2, 0.25) is 0 Å². The van der Waals surface area contributed by atoms with Crippen molar-refractivity contribution >= 4 is 11.6 Å². The minimum absolute atomic E-state index is 0.241. The monoisotopic (exact) mass is 254 g/mol. The second kappa shape index (κ2) is 7.84. The van der Waals surface area contributed by atoms with Crippen LogP contribution < -0.4 is 10.6 Å². The van der Waals surface area contributed by atoms with Crippen molar-refractivity contribution in [1.82, 2.24) is 9.97 Å². The van der Waals surface area contributed by atoms with Gasteiger partial charge < -0.3 is 20.1 Å². The van der Waals surface area contributed by atoms with Crippen molar-refractivity contribution in [2.45, 2.75) is 26.0 Å². The van der Waals surface area contributed by atoms with E-state index in [2.05, 4.69) is 27.5 Å². The lowest BCUT2D eigenvalue weighted by Crippen LogP contribution is -2.25. The molecule has 1 aromatic rings. The van der Waals surface area contributed by atoms with Gasteiger partial charge in [0.25, 0.3) is 0 Å². The Balaban J connectivity index is 2.82. The number of aromatic nitrogens is 2. The number of hydrogen-bond acceptors (Lipinski definition) is 6. The number of ether oxygens (including phenoxy) is 2. The zero-order valence-electron chi connectivity index (χ0n) is 11.5. The van der Waals surface area contributed by atoms with E-state index in [4.69, 9.17) is 9.47 Å². The van der Waals surface area contributed by atoms with Gasteiger partial charge in [-0.05, 0) is 6.42 Å². The van der Waals surface area contributed by atoms with Gasteiger partial charge in [-0.25, -0.2) is 9.97 Å². The molecule has 0 aliphatic carbocycles. The fourth-order valence-corrected chi connectivity index (χ4v) is 1.56. The molecule has 0 saturated heterocycles. The van der Waals surface area contributed by atoms with Crippen molar-refractivity contribution in [1.29, 1.82) is 0 Å². The van der Waals surface area contributed by atoms with E-state index in [0.717, 1.165) is 18.1 Å². The second-order valence-electron chi connectivity index (χ2n) is 3.94. The molecule has 0 radical (unpaired) electrons. The molecule has 1 atom stereocenters. The van der Waals surface area contributed by atoms with Crippen LogP contribution in [0.3, 0.4) is 0 Å². The Morgan fingerprint density at radius 1 is 1.22 bits per heavy atom. The third kappa shape index (κ3) is 4.46. The minimum atomic E-state index is 0.241. The largest absolute Gasteiger partial charge is 0.383 e. The summed E-state index contributed by atoms with van der Waals surface area (Å²) in [5, 5.41) is 6.34. The maximum Gasteiger partial charge on any atom is 0.158 e. The van der Waals surface area contributed by atoms with Crippen molar-refractivity contribution in [3.8, 4) is 0 Å². The fraction of sp³-hybridized carbons (Fsp3) is 0.667. The van der Waals surface area contributed by atoms with Gasteiger partial charge in [-0.2, -0.15) is 0 Å². The molecule has 0 spiro atoms. The molecule has 102 valence electrons. The third-order valence-corrected chi connectivity index (χ3v) is 2.51. The first-order valence-corrected chi connectivity index (χ1v) is 6.03. The average molecular weight is 254 g/mol. The molecule has 6 heteroatoms. The van der Waals surface area contributed by atoms with E-state index in [9.17, 15) is 0 Å². The van der Waals surface area contributed by atoms with Crippen LogP contribution >= 0.6 is 0 Å². The van der Waals surface area contributed by atoms with Crippen LogP contribution in [-0.2, 0) is 16.1 Å². The summed E-state index contributed by atoms with van der Waals surface area (Å²) in [5.41, 5.74) is 0. The van der Waals surface area contributed by atoms with Crippen LogP contribution in [0.25, 0.3) is 0 Å². The summed E-state index contributed by atoms with van der Waals surface area (Å²) < 4.78 is 10.2. The summed E-state index contributed by atoms with van der Waals surface area (Å²) >= 11 is 0. The van der Waals surface area contributed by atoms with Gasteiger partial charge in [0, 0.05) is 27.3 Å². The maximum atomic E-state index is 5.16. The molecule has 0 fully saturated rings. The first-order chi connectivity index (χ1) is 8.73. The SMILES string of the molecule is CCC(COC)Nc1cc(NC)nc(COC)n1. The molecule has 1 rings (SSSR count). The predicted octanol–water partition coefficient (Wildman–Crippen LogP) is 1.50. The molecule has 0 saturated carbocycles. The summed E-state index contributed by atoms with van der Waals surface area (Å²) in [6.45, 7) is 3.15. The highest BCUT2D eigenvalue weighted by Crippen LogP contribution is 2.13. The molecule has 18 heavy (non-hydrogen) atoms. The van der Waals surface area contributed by atoms with Gasteiger partial charge in [0.2, 0.25) is 0 Å². The quantitative estimate of drug-likeness (QED) is 0.733. The van der Waals surface area contributed by atoms with Gasteiger partial charge in [0.1, 0.15) is 18.2 Å². The van der Waals surface area contributed by atoms with Crippen molar-refractivity contribution in [3.05, 3.63) is 11.9 Å². The lowest BCUT2D eigenvalue weighted by molar-refractivity contribution is 0.177. The molecule has 1 unspecified atom stereocenters. The Morgan fingerprint density at radius 2 is 1.94 bits per heavy atom. The number of hydrogen-bond donors (Lipinski definition) is 2. The molecule has 0 amide bonds. The Bertz CT molecular complexity index is 360. The van der Waals surface area contributed by atoms with Crippen molar-refractivity contribution in [2.24, 2.45) is 0 Å². The second-order valence-corrected chi connectivity index (χ2v) is 3.94. The highest BCUT2D eigenvalue weighted by Gasteiger charge is 2.09. The minimum Gasteiger partial charge on any atom is -0.383 e. The zero-order chi connectivity index (χ0) is 13.4. The highest BCUT2D eigenvalue weighted by atomic mass is 16.5. The Labute approximate surface area is 108 Å². The van der Waals surface area contributed by atoms with E-state index < -0.39 is 0 Å². The van der Waals surface area contributed by atoms with Crippen LogP contribution in [0, 0.1) is 0 Å². The summed E-state index contributed by atoms with van der Waals surface area (Å²) in [4.78, 5) is 8.70. The number of nitrogens with zero attached hydrogens (tertiary/aromatic N) is 2. The molecular weight excluding hydrogens is 232 g/mol. The van der Waals surface area contributed by atoms with E-state index in [1.54, 1.807) is 14.2 Å². The Kier molecular flexibility index (Phi) is 6.38. The van der Waals surface area contributed by atoms with E-state index in [0.29, 0.717) is 19.0 Å². The van der Waals surface area contributed by atoms with Crippen LogP contribution in [0.4, 0.5) is 11.6 Å². The topological polar surface area (TPSA) is 68.3 Å². The van der Waals surface area contributed by atoms with Gasteiger partial charge in [0.15, 0.2) is 5.82 Å². The van der Waals surface area contributed by atoms with Crippen LogP contribution in [0.1, 0.15) is 19.2 Å². The Hall–Kier alpha value is -1.40. The van der Waals surface area contributed by atoms with E-state index in [1.807, 2.05) is 13.1 Å². The molecule has 0 aromatic carbocycles. The predicted molar refractivity (Wildman–Crippen MR) is 71.9 cm³/mol. The van der Waals surface area contributed by atoms with Gasteiger partial charge in [0.05, 0.1) is 12.6 Å². The van der Waals surface area contributed by atoms with Gasteiger partial charge >= 0.3 is 0 Å². The maximum absolute atomic E-state index is 5.16. The smallest absolute Gasteiger partial charge is 0.158 e. The zero-order valence-corrected chi connectivity index (χ0v) is 11.5.